The molecule has 5 heteroatoms. The number of rotatable bonds is 6. The standard InChI is InChI=1S/C10H20N2O2S/c1-3-9(11-5-6-11)15(13,14)10(4-2)12-7-8-12/h9-10H,3-8H2,1-2H3. The average molecular weight is 232 g/mol. The van der Waals surface area contributed by atoms with E-state index in [2.05, 4.69) is 9.80 Å². The van der Waals surface area contributed by atoms with E-state index < -0.39 is 9.84 Å². The van der Waals surface area contributed by atoms with Crippen molar-refractivity contribution in [2.75, 3.05) is 26.2 Å². The Balaban J connectivity index is 2.14. The van der Waals surface area contributed by atoms with E-state index >= 15 is 0 Å². The molecular formula is C10H20N2O2S. The van der Waals surface area contributed by atoms with Gasteiger partial charge in [0.2, 0.25) is 0 Å². The monoisotopic (exact) mass is 232 g/mol. The van der Waals surface area contributed by atoms with Crippen molar-refractivity contribution in [1.29, 1.82) is 0 Å². The first-order chi connectivity index (χ1) is 7.11. The Morgan fingerprint density at radius 1 is 0.933 bits per heavy atom. The summed E-state index contributed by atoms with van der Waals surface area (Å²) in [6, 6.07) is 0. The zero-order chi connectivity index (χ0) is 11.1. The van der Waals surface area contributed by atoms with Crippen molar-refractivity contribution >= 4 is 9.84 Å². The van der Waals surface area contributed by atoms with E-state index in [9.17, 15) is 8.42 Å². The summed E-state index contributed by atoms with van der Waals surface area (Å²) in [5, 5.41) is -0.467. The molecule has 2 heterocycles. The molecule has 2 rings (SSSR count). The van der Waals surface area contributed by atoms with Gasteiger partial charge in [0.05, 0.1) is 0 Å². The van der Waals surface area contributed by atoms with Crippen LogP contribution < -0.4 is 0 Å². The molecule has 0 aromatic carbocycles. The fourth-order valence-electron chi connectivity index (χ4n) is 2.27. The van der Waals surface area contributed by atoms with E-state index in [1.54, 1.807) is 0 Å². The van der Waals surface area contributed by atoms with Crippen molar-refractivity contribution in [1.82, 2.24) is 9.80 Å². The molecule has 0 aromatic heterocycles. The Bertz CT molecular complexity index is 294. The molecule has 15 heavy (non-hydrogen) atoms. The van der Waals surface area contributed by atoms with Crippen LogP contribution in [0.1, 0.15) is 26.7 Å². The minimum absolute atomic E-state index is 0.233. The molecule has 2 atom stereocenters. The van der Waals surface area contributed by atoms with Crippen molar-refractivity contribution in [3.8, 4) is 0 Å². The molecule has 2 unspecified atom stereocenters. The molecule has 0 saturated carbocycles. The predicted octanol–water partition coefficient (Wildman–Crippen LogP) is 0.505. The summed E-state index contributed by atoms with van der Waals surface area (Å²) < 4.78 is 24.7. The summed E-state index contributed by atoms with van der Waals surface area (Å²) in [5.41, 5.74) is 0. The maximum Gasteiger partial charge on any atom is 0.182 e. The van der Waals surface area contributed by atoms with Gasteiger partial charge in [0.1, 0.15) is 10.7 Å². The topological polar surface area (TPSA) is 40.2 Å². The fourth-order valence-corrected chi connectivity index (χ4v) is 4.81. The minimum atomic E-state index is -2.98. The molecule has 2 aliphatic rings. The quantitative estimate of drug-likeness (QED) is 0.625. The summed E-state index contributed by atoms with van der Waals surface area (Å²) in [5.74, 6) is 0. The zero-order valence-electron chi connectivity index (χ0n) is 9.52. The first kappa shape index (κ1) is 11.4. The number of sulfone groups is 1. The highest BCUT2D eigenvalue weighted by molar-refractivity contribution is 7.92. The van der Waals surface area contributed by atoms with E-state index in [-0.39, 0.29) is 10.7 Å². The molecule has 2 saturated heterocycles. The third-order valence-corrected chi connectivity index (χ3v) is 6.01. The lowest BCUT2D eigenvalue weighted by Gasteiger charge is -2.24. The number of hydrogen-bond acceptors (Lipinski definition) is 4. The summed E-state index contributed by atoms with van der Waals surface area (Å²) in [6.45, 7) is 7.75. The Morgan fingerprint density at radius 3 is 1.47 bits per heavy atom. The Labute approximate surface area is 92.2 Å². The summed E-state index contributed by atoms with van der Waals surface area (Å²) in [4.78, 5) is 4.11. The van der Waals surface area contributed by atoms with Gasteiger partial charge in [0, 0.05) is 26.2 Å². The second kappa shape index (κ2) is 4.03. The van der Waals surface area contributed by atoms with Crippen molar-refractivity contribution < 1.29 is 8.42 Å². The van der Waals surface area contributed by atoms with Gasteiger partial charge in [-0.2, -0.15) is 0 Å². The molecular weight excluding hydrogens is 212 g/mol. The van der Waals surface area contributed by atoms with Crippen LogP contribution in [-0.2, 0) is 9.84 Å². The average Bonchev–Trinajstić information content (AvgIpc) is 2.99. The molecule has 0 radical (unpaired) electrons. The molecule has 4 nitrogen and oxygen atoms in total. The maximum atomic E-state index is 12.4. The molecule has 0 aromatic rings. The van der Waals surface area contributed by atoms with Gasteiger partial charge in [0.15, 0.2) is 9.84 Å². The van der Waals surface area contributed by atoms with Gasteiger partial charge in [-0.1, -0.05) is 13.8 Å². The highest BCUT2D eigenvalue weighted by Crippen LogP contribution is 2.28. The van der Waals surface area contributed by atoms with Crippen molar-refractivity contribution in [2.24, 2.45) is 0 Å². The van der Waals surface area contributed by atoms with Gasteiger partial charge in [-0.3, -0.25) is 9.80 Å². The van der Waals surface area contributed by atoms with Gasteiger partial charge >= 0.3 is 0 Å². The van der Waals surface area contributed by atoms with Crippen LogP contribution >= 0.6 is 0 Å². The van der Waals surface area contributed by atoms with Crippen molar-refractivity contribution in [3.63, 3.8) is 0 Å². The first-order valence-corrected chi connectivity index (χ1v) is 7.43. The summed E-state index contributed by atoms with van der Waals surface area (Å²) in [7, 11) is -2.98. The molecule has 0 bridgehead atoms. The molecule has 0 aliphatic carbocycles. The number of hydrogen-bond donors (Lipinski definition) is 0. The lowest BCUT2D eigenvalue weighted by Crippen LogP contribution is -2.40. The second-order valence-electron chi connectivity index (χ2n) is 4.39. The lowest BCUT2D eigenvalue weighted by atomic mass is 10.5. The molecule has 0 spiro atoms. The third-order valence-electron chi connectivity index (χ3n) is 3.24. The van der Waals surface area contributed by atoms with E-state index in [0.717, 1.165) is 26.2 Å². The number of nitrogens with zero attached hydrogens (tertiary/aromatic N) is 2. The van der Waals surface area contributed by atoms with Gasteiger partial charge < -0.3 is 0 Å². The molecule has 0 amide bonds. The normalized spacial score (nSPS) is 26.3. The van der Waals surface area contributed by atoms with Gasteiger partial charge in [0.25, 0.3) is 0 Å². The minimum Gasteiger partial charge on any atom is -0.285 e. The van der Waals surface area contributed by atoms with Crippen molar-refractivity contribution in [3.05, 3.63) is 0 Å². The van der Waals surface area contributed by atoms with Crippen LogP contribution in [0.15, 0.2) is 0 Å². The predicted molar refractivity (Wildman–Crippen MR) is 60.2 cm³/mol. The molecule has 88 valence electrons. The van der Waals surface area contributed by atoms with E-state index in [0.29, 0.717) is 12.8 Å². The maximum absolute atomic E-state index is 12.4. The van der Waals surface area contributed by atoms with Crippen LogP contribution in [0.2, 0.25) is 0 Å². The van der Waals surface area contributed by atoms with Crippen LogP contribution in [0.5, 0.6) is 0 Å². The second-order valence-corrected chi connectivity index (χ2v) is 6.65. The smallest absolute Gasteiger partial charge is 0.182 e. The van der Waals surface area contributed by atoms with Gasteiger partial charge in [-0.25, -0.2) is 8.42 Å². The van der Waals surface area contributed by atoms with Crippen LogP contribution in [0.3, 0.4) is 0 Å². The van der Waals surface area contributed by atoms with Gasteiger partial charge in [-0.15, -0.1) is 0 Å². The third kappa shape index (κ3) is 2.19. The molecule has 2 fully saturated rings. The van der Waals surface area contributed by atoms with Crippen LogP contribution in [-0.4, -0.2) is 55.1 Å². The van der Waals surface area contributed by atoms with Gasteiger partial charge in [-0.05, 0) is 12.8 Å². The van der Waals surface area contributed by atoms with Crippen LogP contribution in [0.25, 0.3) is 0 Å². The van der Waals surface area contributed by atoms with E-state index in [1.165, 1.54) is 0 Å². The SMILES string of the molecule is CCC(N1CC1)S(=O)(=O)C(CC)N1CC1. The summed E-state index contributed by atoms with van der Waals surface area (Å²) >= 11 is 0. The van der Waals surface area contributed by atoms with Crippen LogP contribution in [0.4, 0.5) is 0 Å². The molecule has 0 N–H and O–H groups in total. The Kier molecular flexibility index (Phi) is 3.05. The highest BCUT2D eigenvalue weighted by Gasteiger charge is 2.44. The largest absolute Gasteiger partial charge is 0.285 e. The Morgan fingerprint density at radius 2 is 1.27 bits per heavy atom. The van der Waals surface area contributed by atoms with E-state index in [1.807, 2.05) is 13.8 Å². The summed E-state index contributed by atoms with van der Waals surface area (Å²) in [6.07, 6.45) is 1.43. The van der Waals surface area contributed by atoms with E-state index in [4.69, 9.17) is 0 Å². The van der Waals surface area contributed by atoms with Crippen molar-refractivity contribution in [2.45, 2.75) is 37.4 Å². The zero-order valence-corrected chi connectivity index (χ0v) is 10.3. The van der Waals surface area contributed by atoms with Crippen LogP contribution in [0, 0.1) is 0 Å². The highest BCUT2D eigenvalue weighted by atomic mass is 32.2. The fraction of sp³-hybridized carbons (Fsp3) is 1.00. The Hall–Kier alpha value is -0.130. The first-order valence-electron chi connectivity index (χ1n) is 5.82. The lowest BCUT2D eigenvalue weighted by molar-refractivity contribution is 0.417. The molecule has 2 aliphatic heterocycles.